The SMILES string of the molecule is Cc1nnc(Sc2sc(NCc3ccc(Cl)cc3)nc2-c2ccc([N+](=O)[O-])cc2)s1. The van der Waals surface area contributed by atoms with Crippen molar-refractivity contribution in [1.29, 1.82) is 0 Å². The molecule has 0 saturated carbocycles. The maximum atomic E-state index is 11.0. The number of hydrogen-bond acceptors (Lipinski definition) is 9. The molecule has 4 rings (SSSR count). The van der Waals surface area contributed by atoms with Gasteiger partial charge >= 0.3 is 0 Å². The number of aryl methyl sites for hydroxylation is 1. The van der Waals surface area contributed by atoms with E-state index in [0.29, 0.717) is 11.6 Å². The van der Waals surface area contributed by atoms with Crippen LogP contribution in [0.1, 0.15) is 10.6 Å². The number of aromatic nitrogens is 3. The van der Waals surface area contributed by atoms with Crippen LogP contribution in [0.25, 0.3) is 11.3 Å². The number of anilines is 1. The first-order valence-corrected chi connectivity index (χ1v) is 11.5. The van der Waals surface area contributed by atoms with Gasteiger partial charge in [-0.1, -0.05) is 46.4 Å². The van der Waals surface area contributed by atoms with Gasteiger partial charge < -0.3 is 5.32 Å². The zero-order chi connectivity index (χ0) is 21.1. The van der Waals surface area contributed by atoms with E-state index in [1.165, 1.54) is 46.6 Å². The molecule has 0 unspecified atom stereocenters. The van der Waals surface area contributed by atoms with Gasteiger partial charge in [-0.05, 0) is 48.5 Å². The minimum absolute atomic E-state index is 0.0454. The van der Waals surface area contributed by atoms with E-state index < -0.39 is 4.92 Å². The monoisotopic (exact) mass is 475 g/mol. The second-order valence-corrected chi connectivity index (χ2v) is 10.3. The number of non-ortho nitro benzene ring substituents is 1. The molecule has 7 nitrogen and oxygen atoms in total. The second kappa shape index (κ2) is 9.09. The van der Waals surface area contributed by atoms with Crippen LogP contribution in [0, 0.1) is 17.0 Å². The zero-order valence-corrected chi connectivity index (χ0v) is 18.7. The summed E-state index contributed by atoms with van der Waals surface area (Å²) in [5, 5.41) is 24.9. The third-order valence-corrected chi connectivity index (χ3v) is 7.32. The van der Waals surface area contributed by atoms with Crippen LogP contribution in [-0.4, -0.2) is 20.1 Å². The Kier molecular flexibility index (Phi) is 6.28. The maximum Gasteiger partial charge on any atom is 0.269 e. The molecule has 11 heteroatoms. The van der Waals surface area contributed by atoms with E-state index in [1.54, 1.807) is 12.1 Å². The summed E-state index contributed by atoms with van der Waals surface area (Å²) >= 11 is 10.5. The predicted octanol–water partition coefficient (Wildman–Crippen LogP) is 6.29. The van der Waals surface area contributed by atoms with Gasteiger partial charge in [-0.15, -0.1) is 10.2 Å². The molecule has 0 aliphatic carbocycles. The molecule has 4 aromatic rings. The van der Waals surface area contributed by atoms with Crippen LogP contribution >= 0.6 is 46.0 Å². The topological polar surface area (TPSA) is 93.8 Å². The van der Waals surface area contributed by atoms with Crippen LogP contribution in [0.2, 0.25) is 5.02 Å². The Morgan fingerprint density at radius 3 is 2.47 bits per heavy atom. The van der Waals surface area contributed by atoms with Gasteiger partial charge in [0, 0.05) is 29.3 Å². The van der Waals surface area contributed by atoms with Crippen molar-refractivity contribution in [3.8, 4) is 11.3 Å². The lowest BCUT2D eigenvalue weighted by Gasteiger charge is -2.02. The van der Waals surface area contributed by atoms with Crippen molar-refractivity contribution in [3.05, 3.63) is 74.2 Å². The molecule has 0 aliphatic heterocycles. The van der Waals surface area contributed by atoms with Crippen LogP contribution in [0.3, 0.4) is 0 Å². The van der Waals surface area contributed by atoms with Gasteiger partial charge in [0.05, 0.1) is 14.8 Å². The quantitative estimate of drug-likeness (QED) is 0.247. The molecule has 0 atom stereocenters. The van der Waals surface area contributed by atoms with Crippen LogP contribution < -0.4 is 5.32 Å². The van der Waals surface area contributed by atoms with Crippen LogP contribution in [0.4, 0.5) is 10.8 Å². The largest absolute Gasteiger partial charge is 0.357 e. The van der Waals surface area contributed by atoms with Crippen molar-refractivity contribution in [3.63, 3.8) is 0 Å². The zero-order valence-electron chi connectivity index (χ0n) is 15.5. The fourth-order valence-corrected chi connectivity index (χ4v) is 5.89. The van der Waals surface area contributed by atoms with Crippen molar-refractivity contribution in [2.24, 2.45) is 0 Å². The molecule has 0 spiro atoms. The third kappa shape index (κ3) is 4.96. The second-order valence-electron chi connectivity index (χ2n) is 6.13. The lowest BCUT2D eigenvalue weighted by molar-refractivity contribution is -0.384. The highest BCUT2D eigenvalue weighted by molar-refractivity contribution is 8.03. The Bertz CT molecular complexity index is 1180. The molecule has 1 N–H and O–H groups in total. The van der Waals surface area contributed by atoms with E-state index in [9.17, 15) is 10.1 Å². The predicted molar refractivity (Wildman–Crippen MR) is 122 cm³/mol. The van der Waals surface area contributed by atoms with Crippen LogP contribution in [0.15, 0.2) is 57.1 Å². The lowest BCUT2D eigenvalue weighted by atomic mass is 10.1. The molecule has 0 amide bonds. The summed E-state index contributed by atoms with van der Waals surface area (Å²) in [6.45, 7) is 2.51. The number of nitrogens with zero attached hydrogens (tertiary/aromatic N) is 4. The number of rotatable bonds is 7. The minimum atomic E-state index is -0.413. The average Bonchev–Trinajstić information content (AvgIpc) is 3.33. The average molecular weight is 476 g/mol. The summed E-state index contributed by atoms with van der Waals surface area (Å²) in [5.74, 6) is 0. The van der Waals surface area contributed by atoms with Crippen molar-refractivity contribution in [2.45, 2.75) is 22.0 Å². The Morgan fingerprint density at radius 1 is 1.10 bits per heavy atom. The molecule has 2 aromatic carbocycles. The summed E-state index contributed by atoms with van der Waals surface area (Å²) in [6.07, 6.45) is 0. The van der Waals surface area contributed by atoms with Gasteiger partial charge in [0.1, 0.15) is 5.01 Å². The standard InChI is InChI=1S/C19H14ClN5O2S3/c1-11-23-24-19(28-11)30-17-16(13-4-8-15(9-5-13)25(26)27)22-18(29-17)21-10-12-2-6-14(20)7-3-12/h2-9H,10H2,1H3,(H,21,22). The van der Waals surface area contributed by atoms with Gasteiger partial charge in [-0.2, -0.15) is 0 Å². The molecule has 0 radical (unpaired) electrons. The number of thiazole rings is 1. The van der Waals surface area contributed by atoms with E-state index in [0.717, 1.165) is 35.5 Å². The third-order valence-electron chi connectivity index (χ3n) is 3.99. The summed E-state index contributed by atoms with van der Waals surface area (Å²) in [5.41, 5.74) is 2.69. The lowest BCUT2D eigenvalue weighted by Crippen LogP contribution is -1.98. The fraction of sp³-hybridized carbons (Fsp3) is 0.105. The first kappa shape index (κ1) is 20.7. The molecule has 2 heterocycles. The molecule has 0 saturated heterocycles. The number of nitro groups is 1. The van der Waals surface area contributed by atoms with Gasteiger partial charge in [-0.25, -0.2) is 4.98 Å². The Labute approximate surface area is 189 Å². The first-order chi connectivity index (χ1) is 14.5. The Hall–Kier alpha value is -2.53. The summed E-state index contributed by atoms with van der Waals surface area (Å²) in [7, 11) is 0. The molecule has 30 heavy (non-hydrogen) atoms. The molecule has 0 bridgehead atoms. The molecular formula is C19H14ClN5O2S3. The number of hydrogen-bond donors (Lipinski definition) is 1. The van der Waals surface area contributed by atoms with Gasteiger partial charge in [0.2, 0.25) is 0 Å². The highest BCUT2D eigenvalue weighted by Gasteiger charge is 2.17. The van der Waals surface area contributed by atoms with Gasteiger partial charge in [0.25, 0.3) is 5.69 Å². The summed E-state index contributed by atoms with van der Waals surface area (Å²) < 4.78 is 1.77. The minimum Gasteiger partial charge on any atom is -0.357 e. The van der Waals surface area contributed by atoms with Crippen LogP contribution in [-0.2, 0) is 6.54 Å². The Morgan fingerprint density at radius 2 is 1.83 bits per heavy atom. The molecule has 0 aliphatic rings. The summed E-state index contributed by atoms with van der Waals surface area (Å²) in [6, 6.07) is 14.0. The number of halogens is 1. The molecule has 152 valence electrons. The maximum absolute atomic E-state index is 11.0. The molecule has 0 fully saturated rings. The highest BCUT2D eigenvalue weighted by Crippen LogP contribution is 2.43. The Balaban J connectivity index is 1.62. The summed E-state index contributed by atoms with van der Waals surface area (Å²) in [4.78, 5) is 15.3. The smallest absolute Gasteiger partial charge is 0.269 e. The van der Waals surface area contributed by atoms with E-state index >= 15 is 0 Å². The van der Waals surface area contributed by atoms with Gasteiger partial charge in [0.15, 0.2) is 9.47 Å². The van der Waals surface area contributed by atoms with Crippen molar-refractivity contribution in [2.75, 3.05) is 5.32 Å². The van der Waals surface area contributed by atoms with E-state index in [1.807, 2.05) is 31.2 Å². The van der Waals surface area contributed by atoms with Crippen molar-refractivity contribution >= 4 is 56.9 Å². The van der Waals surface area contributed by atoms with Crippen molar-refractivity contribution < 1.29 is 4.92 Å². The van der Waals surface area contributed by atoms with E-state index in [4.69, 9.17) is 16.6 Å². The number of nitro benzene ring substituents is 1. The molecular weight excluding hydrogens is 462 g/mol. The van der Waals surface area contributed by atoms with E-state index in [-0.39, 0.29) is 5.69 Å². The molecule has 2 aromatic heterocycles. The fourth-order valence-electron chi connectivity index (χ4n) is 2.55. The van der Waals surface area contributed by atoms with Crippen LogP contribution in [0.5, 0.6) is 0 Å². The van der Waals surface area contributed by atoms with E-state index in [2.05, 4.69) is 15.5 Å². The first-order valence-electron chi connectivity index (χ1n) is 8.70. The highest BCUT2D eigenvalue weighted by atomic mass is 35.5. The number of nitrogens with one attached hydrogen (secondary N) is 1. The normalized spacial score (nSPS) is 10.9. The van der Waals surface area contributed by atoms with Crippen molar-refractivity contribution in [1.82, 2.24) is 15.2 Å². The number of benzene rings is 2. The van der Waals surface area contributed by atoms with Gasteiger partial charge in [-0.3, -0.25) is 10.1 Å².